The van der Waals surface area contributed by atoms with E-state index in [0.717, 1.165) is 6.07 Å². The van der Waals surface area contributed by atoms with Gasteiger partial charge in [-0.15, -0.1) is 0 Å². The van der Waals surface area contributed by atoms with Gasteiger partial charge in [0.25, 0.3) is 0 Å². The van der Waals surface area contributed by atoms with Crippen LogP contribution in [-0.2, 0) is 0 Å². The zero-order chi connectivity index (χ0) is 13.6. The highest BCUT2D eigenvalue weighted by atomic mass is 35.5. The van der Waals surface area contributed by atoms with Crippen molar-refractivity contribution in [3.05, 3.63) is 53.1 Å². The summed E-state index contributed by atoms with van der Waals surface area (Å²) < 4.78 is 28.5. The van der Waals surface area contributed by atoms with E-state index in [1.165, 1.54) is 16.7 Å². The summed E-state index contributed by atoms with van der Waals surface area (Å²) in [4.78, 5) is 4.09. The second-order valence-electron chi connectivity index (χ2n) is 4.01. The molecular formula is C13H8ClF2N3. The second kappa shape index (κ2) is 4.20. The fourth-order valence-electron chi connectivity index (χ4n) is 1.99. The number of aromatic nitrogens is 2. The highest BCUT2D eigenvalue weighted by molar-refractivity contribution is 6.31. The molecule has 2 aromatic carbocycles. The van der Waals surface area contributed by atoms with Gasteiger partial charge in [-0.25, -0.2) is 13.8 Å². The predicted octanol–water partition coefficient (Wildman–Crippen LogP) is 3.54. The summed E-state index contributed by atoms with van der Waals surface area (Å²) in [5.74, 6) is -1.85. The lowest BCUT2D eigenvalue weighted by Gasteiger charge is -2.08. The van der Waals surface area contributed by atoms with Crippen LogP contribution < -0.4 is 5.73 Å². The summed E-state index contributed by atoms with van der Waals surface area (Å²) in [6.07, 6.45) is 0. The maximum atomic E-state index is 13.9. The number of halogens is 3. The van der Waals surface area contributed by atoms with E-state index in [1.807, 2.05) is 0 Å². The van der Waals surface area contributed by atoms with Crippen molar-refractivity contribution >= 4 is 28.6 Å². The van der Waals surface area contributed by atoms with Crippen LogP contribution in [0.1, 0.15) is 0 Å². The van der Waals surface area contributed by atoms with Crippen LogP contribution in [0.25, 0.3) is 16.7 Å². The van der Waals surface area contributed by atoms with Crippen LogP contribution in [0.15, 0.2) is 36.4 Å². The number of nitrogens with zero attached hydrogens (tertiary/aromatic N) is 2. The lowest BCUT2D eigenvalue weighted by atomic mass is 10.2. The zero-order valence-electron chi connectivity index (χ0n) is 9.57. The summed E-state index contributed by atoms with van der Waals surface area (Å²) in [5.41, 5.74) is 6.86. The molecule has 3 aromatic rings. The summed E-state index contributed by atoms with van der Waals surface area (Å²) in [7, 11) is 0. The minimum absolute atomic E-state index is 0.00210. The van der Waals surface area contributed by atoms with Gasteiger partial charge in [-0.1, -0.05) is 17.7 Å². The topological polar surface area (TPSA) is 43.8 Å². The summed E-state index contributed by atoms with van der Waals surface area (Å²) in [6.45, 7) is 0. The minimum atomic E-state index is -0.978. The van der Waals surface area contributed by atoms with Crippen LogP contribution in [0.3, 0.4) is 0 Å². The van der Waals surface area contributed by atoms with E-state index in [4.69, 9.17) is 17.3 Å². The van der Waals surface area contributed by atoms with E-state index in [9.17, 15) is 8.78 Å². The van der Waals surface area contributed by atoms with Crippen LogP contribution in [0.2, 0.25) is 5.02 Å². The Morgan fingerprint density at radius 2 is 1.95 bits per heavy atom. The SMILES string of the molecule is Nc1nc2ccc(Cl)cc2n1-c1cccc(F)c1F. The molecule has 0 fully saturated rings. The van der Waals surface area contributed by atoms with Gasteiger partial charge in [0, 0.05) is 5.02 Å². The van der Waals surface area contributed by atoms with Crippen molar-refractivity contribution in [2.75, 3.05) is 5.73 Å². The average Bonchev–Trinajstić information content (AvgIpc) is 2.69. The first-order chi connectivity index (χ1) is 9.08. The molecular weight excluding hydrogens is 272 g/mol. The van der Waals surface area contributed by atoms with Gasteiger partial charge in [0.1, 0.15) is 0 Å². The van der Waals surface area contributed by atoms with Crippen LogP contribution in [0.4, 0.5) is 14.7 Å². The molecule has 0 spiro atoms. The molecule has 0 saturated heterocycles. The molecule has 0 atom stereocenters. The fourth-order valence-corrected chi connectivity index (χ4v) is 2.15. The Labute approximate surface area is 112 Å². The molecule has 2 N–H and O–H groups in total. The van der Waals surface area contributed by atoms with E-state index in [1.54, 1.807) is 18.2 Å². The predicted molar refractivity (Wildman–Crippen MR) is 70.4 cm³/mol. The monoisotopic (exact) mass is 279 g/mol. The van der Waals surface area contributed by atoms with Crippen molar-refractivity contribution in [2.24, 2.45) is 0 Å². The van der Waals surface area contributed by atoms with Gasteiger partial charge < -0.3 is 5.73 Å². The molecule has 0 unspecified atom stereocenters. The molecule has 0 aliphatic carbocycles. The van der Waals surface area contributed by atoms with Crippen molar-refractivity contribution in [1.82, 2.24) is 9.55 Å². The maximum Gasteiger partial charge on any atom is 0.206 e. The fraction of sp³-hybridized carbons (Fsp3) is 0. The Hall–Kier alpha value is -2.14. The van der Waals surface area contributed by atoms with E-state index in [0.29, 0.717) is 16.1 Å². The number of benzene rings is 2. The lowest BCUT2D eigenvalue weighted by molar-refractivity contribution is 0.505. The van der Waals surface area contributed by atoms with Crippen LogP contribution in [0.5, 0.6) is 0 Å². The first-order valence-electron chi connectivity index (χ1n) is 5.46. The third kappa shape index (κ3) is 1.82. The number of fused-ring (bicyclic) bond motifs is 1. The number of imidazole rings is 1. The molecule has 1 aromatic heterocycles. The van der Waals surface area contributed by atoms with Gasteiger partial charge in [-0.3, -0.25) is 4.57 Å². The van der Waals surface area contributed by atoms with Gasteiger partial charge in [-0.05, 0) is 30.3 Å². The van der Waals surface area contributed by atoms with Gasteiger partial charge in [-0.2, -0.15) is 0 Å². The molecule has 0 amide bonds. The van der Waals surface area contributed by atoms with Crippen molar-refractivity contribution in [3.63, 3.8) is 0 Å². The number of hydrogen-bond donors (Lipinski definition) is 1. The Bertz CT molecular complexity index is 783. The smallest absolute Gasteiger partial charge is 0.206 e. The van der Waals surface area contributed by atoms with Crippen LogP contribution in [-0.4, -0.2) is 9.55 Å². The number of rotatable bonds is 1. The van der Waals surface area contributed by atoms with E-state index in [2.05, 4.69) is 4.98 Å². The first kappa shape index (κ1) is 11.9. The van der Waals surface area contributed by atoms with Crippen molar-refractivity contribution in [1.29, 1.82) is 0 Å². The second-order valence-corrected chi connectivity index (χ2v) is 4.45. The summed E-state index contributed by atoms with van der Waals surface area (Å²) in [6, 6.07) is 8.80. The van der Waals surface area contributed by atoms with Crippen LogP contribution in [0, 0.1) is 11.6 Å². The third-order valence-electron chi connectivity index (χ3n) is 2.81. The molecule has 3 nitrogen and oxygen atoms in total. The van der Waals surface area contributed by atoms with Gasteiger partial charge >= 0.3 is 0 Å². The number of anilines is 1. The Morgan fingerprint density at radius 1 is 1.16 bits per heavy atom. The van der Waals surface area contributed by atoms with Crippen molar-refractivity contribution in [2.45, 2.75) is 0 Å². The average molecular weight is 280 g/mol. The molecule has 0 bridgehead atoms. The van der Waals surface area contributed by atoms with Gasteiger partial charge in [0.15, 0.2) is 11.6 Å². The standard InChI is InChI=1S/C13H8ClF2N3/c14-7-4-5-9-11(6-7)19(13(17)18-9)10-3-1-2-8(15)12(10)16/h1-6H,(H2,17,18). The van der Waals surface area contributed by atoms with E-state index < -0.39 is 11.6 Å². The highest BCUT2D eigenvalue weighted by Crippen LogP contribution is 2.27. The maximum absolute atomic E-state index is 13.9. The number of hydrogen-bond acceptors (Lipinski definition) is 2. The van der Waals surface area contributed by atoms with Gasteiger partial charge in [0.05, 0.1) is 16.7 Å². The molecule has 3 rings (SSSR count). The summed E-state index contributed by atoms with van der Waals surface area (Å²) in [5, 5.41) is 0.463. The van der Waals surface area contributed by atoms with E-state index in [-0.39, 0.29) is 11.6 Å². The minimum Gasteiger partial charge on any atom is -0.369 e. The Morgan fingerprint density at radius 3 is 2.74 bits per heavy atom. The normalized spacial score (nSPS) is 11.1. The quantitative estimate of drug-likeness (QED) is 0.740. The molecule has 0 aliphatic heterocycles. The third-order valence-corrected chi connectivity index (χ3v) is 3.05. The largest absolute Gasteiger partial charge is 0.369 e. The molecule has 0 radical (unpaired) electrons. The Kier molecular flexibility index (Phi) is 2.64. The molecule has 19 heavy (non-hydrogen) atoms. The molecule has 0 aliphatic rings. The highest BCUT2D eigenvalue weighted by Gasteiger charge is 2.15. The lowest BCUT2D eigenvalue weighted by Crippen LogP contribution is -2.04. The molecule has 0 saturated carbocycles. The van der Waals surface area contributed by atoms with Crippen molar-refractivity contribution < 1.29 is 8.78 Å². The zero-order valence-corrected chi connectivity index (χ0v) is 10.3. The Balaban J connectivity index is 2.39. The number of nitrogen functional groups attached to an aromatic ring is 1. The molecule has 96 valence electrons. The number of nitrogens with two attached hydrogens (primary N) is 1. The molecule has 1 heterocycles. The summed E-state index contributed by atoms with van der Waals surface area (Å²) >= 11 is 5.91. The molecule has 6 heteroatoms. The van der Waals surface area contributed by atoms with Crippen molar-refractivity contribution in [3.8, 4) is 5.69 Å². The van der Waals surface area contributed by atoms with Crippen LogP contribution >= 0.6 is 11.6 Å². The van der Waals surface area contributed by atoms with E-state index >= 15 is 0 Å². The van der Waals surface area contributed by atoms with Gasteiger partial charge in [0.2, 0.25) is 5.95 Å². The first-order valence-corrected chi connectivity index (χ1v) is 5.83.